The molecule has 2 heterocycles. The summed E-state index contributed by atoms with van der Waals surface area (Å²) < 4.78 is 7.81. The molecule has 26 heavy (non-hydrogen) atoms. The summed E-state index contributed by atoms with van der Waals surface area (Å²) in [6, 6.07) is 12.3. The number of hydrogen-bond donors (Lipinski definition) is 1. The number of pyridine rings is 1. The van der Waals surface area contributed by atoms with E-state index in [4.69, 9.17) is 4.74 Å². The fraction of sp³-hybridized carbons (Fsp3) is 0.333. The van der Waals surface area contributed by atoms with Crippen LogP contribution in [0.3, 0.4) is 0 Å². The largest absolute Gasteiger partial charge is 0.493 e. The molecule has 5 heteroatoms. The van der Waals surface area contributed by atoms with Crippen molar-refractivity contribution in [2.75, 3.05) is 6.61 Å². The fourth-order valence-electron chi connectivity index (χ4n) is 3.49. The lowest BCUT2D eigenvalue weighted by Crippen LogP contribution is -2.12. The van der Waals surface area contributed by atoms with E-state index in [-0.39, 0.29) is 0 Å². The summed E-state index contributed by atoms with van der Waals surface area (Å²) in [6.07, 6.45) is 8.94. The van der Waals surface area contributed by atoms with Gasteiger partial charge in [0.25, 0.3) is 0 Å². The van der Waals surface area contributed by atoms with Crippen LogP contribution in [0.25, 0.3) is 11.3 Å². The molecule has 0 amide bonds. The maximum absolute atomic E-state index is 5.92. The quantitative estimate of drug-likeness (QED) is 0.700. The number of hydrogen-bond acceptors (Lipinski definition) is 4. The van der Waals surface area contributed by atoms with E-state index in [0.717, 1.165) is 35.2 Å². The Morgan fingerprint density at radius 3 is 2.81 bits per heavy atom. The molecule has 0 aliphatic heterocycles. The minimum atomic E-state index is 0.705. The first kappa shape index (κ1) is 16.6. The highest BCUT2D eigenvalue weighted by atomic mass is 16.5. The van der Waals surface area contributed by atoms with Gasteiger partial charge in [-0.05, 0) is 48.6 Å². The highest BCUT2D eigenvalue weighted by molar-refractivity contribution is 5.73. The molecule has 3 aromatic rings. The molecular weight excluding hydrogens is 324 g/mol. The zero-order valence-electron chi connectivity index (χ0n) is 14.9. The summed E-state index contributed by atoms with van der Waals surface area (Å²) in [7, 11) is 0. The Morgan fingerprint density at radius 2 is 2.00 bits per heavy atom. The first-order chi connectivity index (χ1) is 12.8. The number of benzene rings is 1. The van der Waals surface area contributed by atoms with Crippen molar-refractivity contribution in [3.8, 4) is 5.75 Å². The van der Waals surface area contributed by atoms with E-state index in [9.17, 15) is 0 Å². The second-order valence-corrected chi connectivity index (χ2v) is 6.92. The van der Waals surface area contributed by atoms with E-state index >= 15 is 0 Å². The maximum atomic E-state index is 5.92. The first-order valence-electron chi connectivity index (χ1n) is 9.23. The average Bonchev–Trinajstić information content (AvgIpc) is 3.36. The smallest absolute Gasteiger partial charge is 0.169 e. The van der Waals surface area contributed by atoms with Crippen molar-refractivity contribution in [3.05, 3.63) is 66.6 Å². The monoisotopic (exact) mass is 348 g/mol. The Morgan fingerprint density at radius 1 is 1.19 bits per heavy atom. The van der Waals surface area contributed by atoms with Crippen LogP contribution < -0.4 is 10.1 Å². The average molecular weight is 348 g/mol. The minimum absolute atomic E-state index is 0.705. The van der Waals surface area contributed by atoms with Gasteiger partial charge in [-0.3, -0.25) is 4.40 Å². The third-order valence-corrected chi connectivity index (χ3v) is 5.04. The van der Waals surface area contributed by atoms with E-state index < -0.39 is 0 Å². The summed E-state index contributed by atoms with van der Waals surface area (Å²) >= 11 is 0. The van der Waals surface area contributed by atoms with Crippen molar-refractivity contribution in [2.45, 2.75) is 32.2 Å². The van der Waals surface area contributed by atoms with Crippen molar-refractivity contribution in [1.82, 2.24) is 19.9 Å². The number of nitrogens with one attached hydrogen (secondary N) is 1. The normalized spacial score (nSPS) is 14.6. The molecule has 134 valence electrons. The van der Waals surface area contributed by atoms with Crippen LogP contribution in [0.4, 0.5) is 0 Å². The van der Waals surface area contributed by atoms with Crippen LogP contribution in [0.5, 0.6) is 5.75 Å². The van der Waals surface area contributed by atoms with Gasteiger partial charge in [0.2, 0.25) is 0 Å². The molecule has 0 bridgehead atoms. The van der Waals surface area contributed by atoms with Gasteiger partial charge in [-0.1, -0.05) is 31.6 Å². The van der Waals surface area contributed by atoms with E-state index in [1.54, 1.807) is 6.33 Å². The lowest BCUT2D eigenvalue weighted by atomic mass is 10.1. The molecule has 0 spiro atoms. The van der Waals surface area contributed by atoms with Crippen molar-refractivity contribution >= 4 is 11.3 Å². The summed E-state index contributed by atoms with van der Waals surface area (Å²) in [5, 5.41) is 11.5. The molecule has 0 atom stereocenters. The van der Waals surface area contributed by atoms with E-state index in [1.807, 2.05) is 34.9 Å². The third-order valence-electron chi connectivity index (χ3n) is 5.04. The molecule has 1 aliphatic carbocycles. The molecule has 4 rings (SSSR count). The zero-order chi connectivity index (χ0) is 17.8. The fourth-order valence-corrected chi connectivity index (χ4v) is 3.49. The first-order valence-corrected chi connectivity index (χ1v) is 9.23. The minimum Gasteiger partial charge on any atom is -0.493 e. The molecule has 5 nitrogen and oxygen atoms in total. The Bertz CT molecular complexity index is 878. The standard InChI is InChI=1S/C21H24N4O/c1-16(20-7-4-12-25-15-23-24-21(20)25)22-13-17-8-10-19(11-9-17)26-14-18-5-2-3-6-18/h4,7-12,15,18,22H,1-3,5-6,13-14H2. The maximum Gasteiger partial charge on any atom is 0.169 e. The van der Waals surface area contributed by atoms with Gasteiger partial charge < -0.3 is 10.1 Å². The summed E-state index contributed by atoms with van der Waals surface area (Å²) in [4.78, 5) is 0. The highest BCUT2D eigenvalue weighted by Gasteiger charge is 2.15. The van der Waals surface area contributed by atoms with Crippen LogP contribution in [-0.2, 0) is 6.54 Å². The third kappa shape index (κ3) is 3.72. The molecule has 1 N–H and O–H groups in total. The molecule has 2 aromatic heterocycles. The van der Waals surface area contributed by atoms with Crippen LogP contribution >= 0.6 is 0 Å². The van der Waals surface area contributed by atoms with Crippen LogP contribution in [0.1, 0.15) is 36.8 Å². The number of ether oxygens (including phenoxy) is 1. The van der Waals surface area contributed by atoms with Crippen molar-refractivity contribution in [2.24, 2.45) is 5.92 Å². The SMILES string of the molecule is C=C(NCc1ccc(OCC2CCCC2)cc1)c1cccn2cnnc12. The number of rotatable bonds is 7. The molecular formula is C21H24N4O. The van der Waals surface area contributed by atoms with Gasteiger partial charge in [-0.2, -0.15) is 0 Å². The molecule has 1 saturated carbocycles. The Kier molecular flexibility index (Phi) is 4.86. The zero-order valence-corrected chi connectivity index (χ0v) is 14.9. The Hall–Kier alpha value is -2.82. The van der Waals surface area contributed by atoms with E-state index in [0.29, 0.717) is 6.54 Å². The van der Waals surface area contributed by atoms with Crippen LogP contribution in [0.2, 0.25) is 0 Å². The topological polar surface area (TPSA) is 51.5 Å². The van der Waals surface area contributed by atoms with Crippen molar-refractivity contribution in [1.29, 1.82) is 0 Å². The van der Waals surface area contributed by atoms with Gasteiger partial charge in [0.1, 0.15) is 12.1 Å². The molecule has 1 fully saturated rings. The number of fused-ring (bicyclic) bond motifs is 1. The van der Waals surface area contributed by atoms with Crippen molar-refractivity contribution in [3.63, 3.8) is 0 Å². The van der Waals surface area contributed by atoms with Crippen LogP contribution in [-0.4, -0.2) is 21.2 Å². The van der Waals surface area contributed by atoms with Crippen molar-refractivity contribution < 1.29 is 4.74 Å². The van der Waals surface area contributed by atoms with Gasteiger partial charge in [0, 0.05) is 24.0 Å². The van der Waals surface area contributed by atoms with Gasteiger partial charge >= 0.3 is 0 Å². The molecule has 1 aromatic carbocycles. The lowest BCUT2D eigenvalue weighted by molar-refractivity contribution is 0.252. The highest BCUT2D eigenvalue weighted by Crippen LogP contribution is 2.25. The molecule has 0 unspecified atom stereocenters. The summed E-state index contributed by atoms with van der Waals surface area (Å²) in [5.41, 5.74) is 3.79. The van der Waals surface area contributed by atoms with Gasteiger partial charge in [-0.15, -0.1) is 10.2 Å². The second kappa shape index (κ2) is 7.60. The summed E-state index contributed by atoms with van der Waals surface area (Å²) in [5.74, 6) is 1.69. The Labute approximate surface area is 153 Å². The number of aromatic nitrogens is 3. The van der Waals surface area contributed by atoms with Gasteiger partial charge in [0.15, 0.2) is 5.65 Å². The predicted molar refractivity (Wildman–Crippen MR) is 103 cm³/mol. The predicted octanol–water partition coefficient (Wildman–Crippen LogP) is 4.06. The Balaban J connectivity index is 1.32. The van der Waals surface area contributed by atoms with Gasteiger partial charge in [-0.25, -0.2) is 0 Å². The van der Waals surface area contributed by atoms with E-state index in [1.165, 1.54) is 31.2 Å². The van der Waals surface area contributed by atoms with E-state index in [2.05, 4.69) is 34.2 Å². The number of nitrogens with zero attached hydrogens (tertiary/aromatic N) is 3. The van der Waals surface area contributed by atoms with Crippen LogP contribution in [0.15, 0.2) is 55.5 Å². The molecule has 0 radical (unpaired) electrons. The second-order valence-electron chi connectivity index (χ2n) is 6.92. The molecule has 0 saturated heterocycles. The van der Waals surface area contributed by atoms with Gasteiger partial charge in [0.05, 0.1) is 6.61 Å². The van der Waals surface area contributed by atoms with Crippen LogP contribution in [0, 0.1) is 5.92 Å². The summed E-state index contributed by atoms with van der Waals surface area (Å²) in [6.45, 7) is 5.69. The lowest BCUT2D eigenvalue weighted by Gasteiger charge is -2.13. The molecule has 1 aliphatic rings.